The van der Waals surface area contributed by atoms with E-state index >= 15 is 0 Å². The zero-order valence-electron chi connectivity index (χ0n) is 9.35. The van der Waals surface area contributed by atoms with Gasteiger partial charge in [-0.1, -0.05) is 18.2 Å². The van der Waals surface area contributed by atoms with Gasteiger partial charge in [-0.15, -0.1) is 9.63 Å². The van der Waals surface area contributed by atoms with Gasteiger partial charge in [-0.05, 0) is 36.4 Å². The molecular formula is C13H10N2O2S. The summed E-state index contributed by atoms with van der Waals surface area (Å²) in [6, 6.07) is 15.9. The highest BCUT2D eigenvalue weighted by atomic mass is 32.2. The van der Waals surface area contributed by atoms with Crippen molar-refractivity contribution in [2.45, 2.75) is 4.90 Å². The third-order valence-corrected chi connectivity index (χ3v) is 2.81. The van der Waals surface area contributed by atoms with Crippen molar-refractivity contribution in [2.24, 2.45) is 9.63 Å². The smallest absolute Gasteiger partial charge is 0.335 e. The standard InChI is InChI=1S/C13H10N2O2S/c16-13(17)10-6-8-11(9-7-10)14-15-18-12-4-2-1-3-5-12/h1-9H,(H,16,17). The molecule has 90 valence electrons. The van der Waals surface area contributed by atoms with Crippen LogP contribution in [0.3, 0.4) is 0 Å². The van der Waals surface area contributed by atoms with E-state index in [-0.39, 0.29) is 5.56 Å². The molecule has 0 fully saturated rings. The lowest BCUT2D eigenvalue weighted by Gasteiger charge is -1.95. The molecule has 0 heterocycles. The molecule has 1 N–H and O–H groups in total. The van der Waals surface area contributed by atoms with Gasteiger partial charge in [0.05, 0.1) is 11.3 Å². The highest BCUT2D eigenvalue weighted by Gasteiger charge is 2.00. The van der Waals surface area contributed by atoms with Crippen molar-refractivity contribution in [3.63, 3.8) is 0 Å². The normalized spacial score (nSPS) is 10.7. The summed E-state index contributed by atoms with van der Waals surface area (Å²) in [5.41, 5.74) is 0.869. The second-order valence-electron chi connectivity index (χ2n) is 3.44. The van der Waals surface area contributed by atoms with Gasteiger partial charge in [0.15, 0.2) is 0 Å². The fraction of sp³-hybridized carbons (Fsp3) is 0. The van der Waals surface area contributed by atoms with Crippen LogP contribution >= 0.6 is 11.9 Å². The Morgan fingerprint density at radius 2 is 1.67 bits per heavy atom. The monoisotopic (exact) mass is 258 g/mol. The Kier molecular flexibility index (Phi) is 4.09. The summed E-state index contributed by atoms with van der Waals surface area (Å²) in [5, 5.41) is 12.7. The van der Waals surface area contributed by atoms with E-state index in [1.807, 2.05) is 30.3 Å². The second-order valence-corrected chi connectivity index (χ2v) is 4.26. The lowest BCUT2D eigenvalue weighted by atomic mass is 10.2. The molecule has 0 saturated heterocycles. The summed E-state index contributed by atoms with van der Waals surface area (Å²) in [6.45, 7) is 0. The van der Waals surface area contributed by atoms with Crippen LogP contribution in [0.5, 0.6) is 0 Å². The van der Waals surface area contributed by atoms with Crippen LogP contribution in [0.2, 0.25) is 0 Å². The minimum atomic E-state index is -0.947. The van der Waals surface area contributed by atoms with Gasteiger partial charge in [0.1, 0.15) is 0 Å². The van der Waals surface area contributed by atoms with Crippen LogP contribution in [0.25, 0.3) is 0 Å². The Balaban J connectivity index is 1.99. The van der Waals surface area contributed by atoms with Crippen LogP contribution < -0.4 is 0 Å². The van der Waals surface area contributed by atoms with E-state index in [1.54, 1.807) is 12.1 Å². The minimum absolute atomic E-state index is 0.240. The van der Waals surface area contributed by atoms with E-state index in [1.165, 1.54) is 24.1 Å². The predicted octanol–water partition coefficient (Wildman–Crippen LogP) is 4.18. The first-order valence-corrected chi connectivity index (χ1v) is 5.99. The topological polar surface area (TPSA) is 62.0 Å². The molecule has 0 aliphatic heterocycles. The quantitative estimate of drug-likeness (QED) is 0.661. The van der Waals surface area contributed by atoms with Gasteiger partial charge in [0.25, 0.3) is 0 Å². The molecule has 0 radical (unpaired) electrons. The number of hydrogen-bond acceptors (Lipinski definition) is 4. The van der Waals surface area contributed by atoms with Crippen molar-refractivity contribution >= 4 is 23.6 Å². The van der Waals surface area contributed by atoms with Crippen molar-refractivity contribution in [1.82, 2.24) is 0 Å². The van der Waals surface area contributed by atoms with Gasteiger partial charge in [-0.3, -0.25) is 0 Å². The first-order chi connectivity index (χ1) is 8.75. The zero-order chi connectivity index (χ0) is 12.8. The number of aromatic carboxylic acids is 1. The molecular weight excluding hydrogens is 248 g/mol. The van der Waals surface area contributed by atoms with Crippen molar-refractivity contribution in [3.8, 4) is 0 Å². The molecule has 0 atom stereocenters. The number of nitrogens with zero attached hydrogens (tertiary/aromatic N) is 2. The Morgan fingerprint density at radius 1 is 1.00 bits per heavy atom. The lowest BCUT2D eigenvalue weighted by molar-refractivity contribution is 0.0697. The van der Waals surface area contributed by atoms with Gasteiger partial charge in [0.2, 0.25) is 0 Å². The average Bonchev–Trinajstić information content (AvgIpc) is 2.40. The Labute approximate surface area is 109 Å². The van der Waals surface area contributed by atoms with Gasteiger partial charge in [0, 0.05) is 16.8 Å². The molecule has 0 aromatic heterocycles. The number of benzene rings is 2. The summed E-state index contributed by atoms with van der Waals surface area (Å²) in [4.78, 5) is 11.7. The summed E-state index contributed by atoms with van der Waals surface area (Å²) in [7, 11) is 0. The first kappa shape index (κ1) is 12.3. The van der Waals surface area contributed by atoms with Crippen LogP contribution in [0.15, 0.2) is 69.1 Å². The molecule has 2 aromatic carbocycles. The van der Waals surface area contributed by atoms with Crippen molar-refractivity contribution in [3.05, 3.63) is 60.2 Å². The largest absolute Gasteiger partial charge is 0.478 e. The Morgan fingerprint density at radius 3 is 2.28 bits per heavy atom. The van der Waals surface area contributed by atoms with Crippen molar-refractivity contribution in [1.29, 1.82) is 0 Å². The van der Waals surface area contributed by atoms with E-state index in [0.29, 0.717) is 5.69 Å². The number of carbonyl (C=O) groups is 1. The zero-order valence-corrected chi connectivity index (χ0v) is 10.2. The number of rotatable bonds is 4. The molecule has 0 aliphatic rings. The van der Waals surface area contributed by atoms with Crippen molar-refractivity contribution in [2.75, 3.05) is 0 Å². The highest BCUT2D eigenvalue weighted by molar-refractivity contribution is 7.97. The van der Waals surface area contributed by atoms with E-state index in [2.05, 4.69) is 9.63 Å². The molecule has 0 unspecified atom stereocenters. The summed E-state index contributed by atoms with van der Waals surface area (Å²) in [6.07, 6.45) is 0. The summed E-state index contributed by atoms with van der Waals surface area (Å²) >= 11 is 1.27. The van der Waals surface area contributed by atoms with Gasteiger partial charge in [-0.2, -0.15) is 0 Å². The van der Waals surface area contributed by atoms with E-state index in [4.69, 9.17) is 5.11 Å². The van der Waals surface area contributed by atoms with Gasteiger partial charge >= 0.3 is 5.97 Å². The second kappa shape index (κ2) is 5.97. The fourth-order valence-electron chi connectivity index (χ4n) is 1.27. The molecule has 0 amide bonds. The average molecular weight is 258 g/mol. The van der Waals surface area contributed by atoms with Crippen LogP contribution in [0.1, 0.15) is 10.4 Å². The SMILES string of the molecule is O=C(O)c1ccc(N=NSc2ccccc2)cc1. The minimum Gasteiger partial charge on any atom is -0.478 e. The number of hydrogen-bond donors (Lipinski definition) is 1. The highest BCUT2D eigenvalue weighted by Crippen LogP contribution is 2.22. The number of carboxylic acids is 1. The molecule has 0 spiro atoms. The summed E-state index contributed by atoms with van der Waals surface area (Å²) < 4.78 is 3.98. The number of carboxylic acid groups (broad SMARTS) is 1. The Bertz CT molecular complexity index is 553. The fourth-order valence-corrected chi connectivity index (χ4v) is 1.77. The molecule has 2 aromatic rings. The van der Waals surface area contributed by atoms with Crippen LogP contribution in [0.4, 0.5) is 5.69 Å². The first-order valence-electron chi connectivity index (χ1n) is 5.22. The van der Waals surface area contributed by atoms with E-state index in [0.717, 1.165) is 4.90 Å². The maximum Gasteiger partial charge on any atom is 0.335 e. The van der Waals surface area contributed by atoms with Gasteiger partial charge in [-0.25, -0.2) is 4.79 Å². The maximum absolute atomic E-state index is 10.7. The van der Waals surface area contributed by atoms with Crippen LogP contribution in [-0.2, 0) is 0 Å². The van der Waals surface area contributed by atoms with Gasteiger partial charge < -0.3 is 5.11 Å². The molecule has 5 heteroatoms. The molecule has 18 heavy (non-hydrogen) atoms. The maximum atomic E-state index is 10.7. The van der Waals surface area contributed by atoms with Crippen LogP contribution in [-0.4, -0.2) is 11.1 Å². The van der Waals surface area contributed by atoms with E-state index in [9.17, 15) is 4.79 Å². The van der Waals surface area contributed by atoms with E-state index < -0.39 is 5.97 Å². The summed E-state index contributed by atoms with van der Waals surface area (Å²) in [5.74, 6) is -0.947. The Hall–Kier alpha value is -2.14. The molecule has 0 bridgehead atoms. The molecule has 4 nitrogen and oxygen atoms in total. The lowest BCUT2D eigenvalue weighted by Crippen LogP contribution is -1.93. The predicted molar refractivity (Wildman–Crippen MR) is 70.2 cm³/mol. The third-order valence-electron chi connectivity index (χ3n) is 2.16. The molecule has 0 saturated carbocycles. The van der Waals surface area contributed by atoms with Crippen LogP contribution in [0, 0.1) is 0 Å². The molecule has 2 rings (SSSR count). The van der Waals surface area contributed by atoms with Crippen molar-refractivity contribution < 1.29 is 9.90 Å². The molecule has 0 aliphatic carbocycles. The third kappa shape index (κ3) is 3.43.